The Hall–Kier alpha value is -4.42. The summed E-state index contributed by atoms with van der Waals surface area (Å²) >= 11 is 0. The molecule has 13 heteroatoms. The summed E-state index contributed by atoms with van der Waals surface area (Å²) in [5, 5.41) is 2.77. The fraction of sp³-hybridized carbons (Fsp3) is 0.481. The smallest absolute Gasteiger partial charge is 0.328 e. The van der Waals surface area contributed by atoms with E-state index in [1.54, 1.807) is 26.2 Å². The number of rotatable bonds is 8. The van der Waals surface area contributed by atoms with E-state index in [-0.39, 0.29) is 24.6 Å². The molecule has 208 valence electrons. The lowest BCUT2D eigenvalue weighted by molar-refractivity contribution is -0.141. The quantitative estimate of drug-likeness (QED) is 0.518. The number of Topliss-reactive ketones (excluding diaryl/α,β-unsaturated/α-hetero) is 1. The lowest BCUT2D eigenvalue weighted by atomic mass is 10.1. The van der Waals surface area contributed by atoms with Gasteiger partial charge in [-0.1, -0.05) is 6.92 Å². The molecular weight excluding hydrogens is 514 g/mol. The number of likely N-dealkylation sites (N-methyl/N-ethyl adjacent to an activating group) is 1. The minimum Gasteiger partial charge on any atom is -0.356 e. The Kier molecular flexibility index (Phi) is 6.43. The molecule has 5 heterocycles. The summed E-state index contributed by atoms with van der Waals surface area (Å²) < 4.78 is 0. The first-order valence-electron chi connectivity index (χ1n) is 13.5. The Morgan fingerprint density at radius 1 is 1.12 bits per heavy atom. The van der Waals surface area contributed by atoms with E-state index < -0.39 is 36.1 Å². The van der Waals surface area contributed by atoms with Crippen molar-refractivity contribution in [2.24, 2.45) is 16.8 Å². The second kappa shape index (κ2) is 9.96. The Morgan fingerprint density at radius 2 is 1.90 bits per heavy atom. The van der Waals surface area contributed by atoms with Crippen molar-refractivity contribution >= 4 is 41.6 Å². The van der Waals surface area contributed by atoms with E-state index in [2.05, 4.69) is 30.2 Å². The molecule has 4 amide bonds. The average molecular weight is 546 g/mol. The summed E-state index contributed by atoms with van der Waals surface area (Å²) in [5.74, 6) is 1.62. The van der Waals surface area contributed by atoms with Crippen molar-refractivity contribution < 1.29 is 19.2 Å². The molecule has 1 aliphatic carbocycles. The molecule has 1 saturated carbocycles. The zero-order valence-corrected chi connectivity index (χ0v) is 22.6. The monoisotopic (exact) mass is 545 g/mol. The number of nitrogens with one attached hydrogen (secondary N) is 1. The van der Waals surface area contributed by atoms with Gasteiger partial charge in [0.15, 0.2) is 23.8 Å². The molecule has 5 atom stereocenters. The second-order valence-electron chi connectivity index (χ2n) is 10.8. The molecule has 40 heavy (non-hydrogen) atoms. The van der Waals surface area contributed by atoms with Crippen LogP contribution in [0.25, 0.3) is 11.3 Å². The molecule has 13 nitrogen and oxygen atoms in total. The van der Waals surface area contributed by atoms with Gasteiger partial charge < -0.3 is 20.0 Å². The number of carbonyl (C=O) groups excluding carboxylic acids is 4. The Labute approximate surface area is 231 Å². The number of carbonyl (C=O) groups is 4. The molecule has 0 bridgehead atoms. The number of pyridine rings is 1. The lowest BCUT2D eigenvalue weighted by Crippen LogP contribution is -2.66. The number of amides is 4. The summed E-state index contributed by atoms with van der Waals surface area (Å²) in [6.07, 6.45) is 6.98. The number of ketones is 1. The first-order chi connectivity index (χ1) is 19.2. The highest BCUT2D eigenvalue weighted by Crippen LogP contribution is 2.46. The summed E-state index contributed by atoms with van der Waals surface area (Å²) in [4.78, 5) is 75.0. The molecular formula is C27H31N9O4. The normalized spacial score (nSPS) is 25.7. The van der Waals surface area contributed by atoms with Crippen LogP contribution in [0.3, 0.4) is 0 Å². The molecule has 2 aromatic heterocycles. The number of fused-ring (bicyclic) bond motifs is 2. The van der Waals surface area contributed by atoms with Crippen molar-refractivity contribution in [2.45, 2.75) is 44.9 Å². The van der Waals surface area contributed by atoms with Crippen molar-refractivity contribution in [3.05, 3.63) is 30.7 Å². The van der Waals surface area contributed by atoms with E-state index in [9.17, 15) is 19.2 Å². The van der Waals surface area contributed by atoms with E-state index in [1.807, 2.05) is 12.1 Å². The van der Waals surface area contributed by atoms with Crippen LogP contribution in [0.5, 0.6) is 0 Å². The number of nitrogens with zero attached hydrogens (tertiary/aromatic N) is 8. The zero-order valence-electron chi connectivity index (χ0n) is 22.6. The molecule has 3 aliphatic heterocycles. The lowest BCUT2D eigenvalue weighted by Gasteiger charge is -2.42. The van der Waals surface area contributed by atoms with Crippen LogP contribution in [0.4, 0.5) is 16.4 Å². The minimum atomic E-state index is -0.920. The van der Waals surface area contributed by atoms with Gasteiger partial charge in [-0.05, 0) is 37.3 Å². The summed E-state index contributed by atoms with van der Waals surface area (Å²) in [7, 11) is 1.53. The molecule has 2 saturated heterocycles. The van der Waals surface area contributed by atoms with Gasteiger partial charge in [-0.3, -0.25) is 24.3 Å². The molecule has 2 aromatic rings. The van der Waals surface area contributed by atoms with E-state index >= 15 is 0 Å². The van der Waals surface area contributed by atoms with E-state index in [0.717, 1.165) is 41.2 Å². The molecule has 6 rings (SSSR count). The fourth-order valence-corrected chi connectivity index (χ4v) is 5.59. The van der Waals surface area contributed by atoms with Crippen LogP contribution >= 0.6 is 0 Å². The van der Waals surface area contributed by atoms with E-state index in [4.69, 9.17) is 0 Å². The molecule has 4 unspecified atom stereocenters. The maximum absolute atomic E-state index is 13.3. The highest BCUT2D eigenvalue weighted by Gasteiger charge is 2.51. The molecule has 0 spiro atoms. The van der Waals surface area contributed by atoms with Gasteiger partial charge >= 0.3 is 6.03 Å². The highest BCUT2D eigenvalue weighted by atomic mass is 16.2. The van der Waals surface area contributed by atoms with Gasteiger partial charge in [0.25, 0.3) is 5.91 Å². The third kappa shape index (κ3) is 4.54. The van der Waals surface area contributed by atoms with Crippen molar-refractivity contribution in [2.75, 3.05) is 36.9 Å². The van der Waals surface area contributed by atoms with Crippen LogP contribution < -0.4 is 10.2 Å². The molecule has 0 radical (unpaired) electrons. The highest BCUT2D eigenvalue weighted by molar-refractivity contribution is 6.05. The Balaban J connectivity index is 1.13. The van der Waals surface area contributed by atoms with Gasteiger partial charge in [0.1, 0.15) is 11.9 Å². The van der Waals surface area contributed by atoms with Gasteiger partial charge in [-0.25, -0.2) is 19.8 Å². The van der Waals surface area contributed by atoms with Crippen molar-refractivity contribution in [1.29, 1.82) is 0 Å². The SMILES string of the molecule is CCC(=O)CN1C(=O)C2C(N=CN2[C@@H](C)C(=O)Nc2cncc(-c3ccc(N4CC5CC5C4)nc3)n2)N(C)C1=O. The summed E-state index contributed by atoms with van der Waals surface area (Å²) in [5.41, 5.74) is 1.34. The summed E-state index contributed by atoms with van der Waals surface area (Å²) in [6, 6.07) is 1.60. The predicted molar refractivity (Wildman–Crippen MR) is 145 cm³/mol. The van der Waals surface area contributed by atoms with Crippen LogP contribution in [-0.2, 0) is 14.4 Å². The van der Waals surface area contributed by atoms with Gasteiger partial charge in [0, 0.05) is 38.3 Å². The Morgan fingerprint density at radius 3 is 2.60 bits per heavy atom. The Bertz CT molecular complexity index is 1390. The third-order valence-corrected chi connectivity index (χ3v) is 8.19. The van der Waals surface area contributed by atoms with Crippen LogP contribution in [-0.4, -0.2) is 105 Å². The van der Waals surface area contributed by atoms with Crippen LogP contribution in [0.1, 0.15) is 26.7 Å². The predicted octanol–water partition coefficient (Wildman–Crippen LogP) is 1.23. The first-order valence-corrected chi connectivity index (χ1v) is 13.5. The van der Waals surface area contributed by atoms with Gasteiger partial charge in [-0.15, -0.1) is 0 Å². The van der Waals surface area contributed by atoms with Crippen molar-refractivity contribution in [3.8, 4) is 11.3 Å². The minimum absolute atomic E-state index is 0.202. The van der Waals surface area contributed by atoms with Crippen LogP contribution in [0, 0.1) is 11.8 Å². The molecule has 1 N–H and O–H groups in total. The number of piperidine rings is 1. The number of aromatic nitrogens is 3. The van der Waals surface area contributed by atoms with Crippen LogP contribution in [0.2, 0.25) is 0 Å². The average Bonchev–Trinajstić information content (AvgIpc) is 3.35. The maximum Gasteiger partial charge on any atom is 0.328 e. The number of hydrogen-bond acceptors (Lipinski definition) is 10. The number of hydrogen-bond donors (Lipinski definition) is 1. The third-order valence-electron chi connectivity index (χ3n) is 8.19. The molecule has 3 fully saturated rings. The first kappa shape index (κ1) is 25.8. The number of imide groups is 1. The van der Waals surface area contributed by atoms with Crippen LogP contribution in [0.15, 0.2) is 35.7 Å². The largest absolute Gasteiger partial charge is 0.356 e. The topological polar surface area (TPSA) is 144 Å². The van der Waals surface area contributed by atoms with Gasteiger partial charge in [0.05, 0.1) is 31.0 Å². The molecule has 4 aliphatic rings. The summed E-state index contributed by atoms with van der Waals surface area (Å²) in [6.45, 7) is 5.12. The fourth-order valence-electron chi connectivity index (χ4n) is 5.59. The van der Waals surface area contributed by atoms with Crippen molar-refractivity contribution in [3.63, 3.8) is 0 Å². The number of urea groups is 1. The standard InChI is InChI=1S/C27H31N9O4/c1-4-19(37)13-35-26(39)23-24(33(3)27(35)40)30-14-36(23)15(2)25(38)32-21-10-28-9-20(31-21)16-5-6-22(29-8-16)34-11-17-7-18(17)12-34/h5-6,8-10,14-15,17-18,23-24H,4,7,11-13H2,1-3H3,(H,31,32,38)/t15-,17?,18?,23?,24?/m0/s1. The van der Waals surface area contributed by atoms with Gasteiger partial charge in [-0.2, -0.15) is 0 Å². The number of anilines is 2. The van der Waals surface area contributed by atoms with E-state index in [1.165, 1.54) is 35.8 Å². The van der Waals surface area contributed by atoms with Gasteiger partial charge in [0.2, 0.25) is 5.91 Å². The number of aliphatic imine (C=N–C) groups is 1. The van der Waals surface area contributed by atoms with E-state index in [0.29, 0.717) is 5.69 Å². The maximum atomic E-state index is 13.3. The van der Waals surface area contributed by atoms with Crippen molar-refractivity contribution in [1.82, 2.24) is 29.7 Å². The molecule has 0 aromatic carbocycles. The zero-order chi connectivity index (χ0) is 28.1. The second-order valence-corrected chi connectivity index (χ2v) is 10.8.